The van der Waals surface area contributed by atoms with E-state index < -0.39 is 21.7 Å². The molecule has 5 rings (SSSR count). The number of fused-ring (bicyclic) bond motifs is 2. The number of anilines is 1. The van der Waals surface area contributed by atoms with Crippen LogP contribution in [-0.4, -0.2) is 40.0 Å². The second kappa shape index (κ2) is 6.78. The van der Waals surface area contributed by atoms with Gasteiger partial charge < -0.3 is 9.73 Å². The molecule has 0 bridgehead atoms. The summed E-state index contributed by atoms with van der Waals surface area (Å²) < 4.78 is 32.8. The molecule has 1 fully saturated rings. The monoisotopic (exact) mass is 434 g/mol. The van der Waals surface area contributed by atoms with Crippen LogP contribution in [-0.2, 0) is 34.3 Å². The molecule has 1 saturated carbocycles. The molecule has 1 N–H and O–H groups in total. The van der Waals surface area contributed by atoms with Crippen LogP contribution >= 0.6 is 11.3 Å². The number of nitrogens with zero attached hydrogens (tertiary/aromatic N) is 3. The molecule has 11 heteroatoms. The summed E-state index contributed by atoms with van der Waals surface area (Å²) in [5, 5.41) is 2.89. The number of aromatic nitrogens is 2. The Labute approximate surface area is 170 Å². The van der Waals surface area contributed by atoms with E-state index in [1.54, 1.807) is 24.3 Å². The van der Waals surface area contributed by atoms with Gasteiger partial charge in [-0.1, -0.05) is 12.1 Å². The number of carbonyl (C=O) groups is 1. The van der Waals surface area contributed by atoms with Gasteiger partial charge in [-0.25, -0.2) is 18.2 Å². The van der Waals surface area contributed by atoms with E-state index in [1.165, 1.54) is 20.2 Å². The van der Waals surface area contributed by atoms with Crippen LogP contribution in [0.4, 0.5) is 5.13 Å². The maximum Gasteiger partial charge on any atom is 0.420 e. The van der Waals surface area contributed by atoms with Crippen LogP contribution in [0.15, 0.2) is 33.5 Å². The maximum atomic E-state index is 12.5. The summed E-state index contributed by atoms with van der Waals surface area (Å²) >= 11 is 1.28. The third kappa shape index (κ3) is 3.38. The largest absolute Gasteiger partial charge is 0.420 e. The quantitative estimate of drug-likeness (QED) is 0.651. The lowest BCUT2D eigenvalue weighted by molar-refractivity contribution is -0.116. The Kier molecular flexibility index (Phi) is 4.33. The molecule has 29 heavy (non-hydrogen) atoms. The molecule has 152 valence electrons. The number of hydrogen-bond acceptors (Lipinski definition) is 7. The van der Waals surface area contributed by atoms with E-state index >= 15 is 0 Å². The number of sulfonamides is 1. The predicted octanol–water partition coefficient (Wildman–Crippen LogP) is 1.54. The second-order valence-corrected chi connectivity index (χ2v) is 10.5. The summed E-state index contributed by atoms with van der Waals surface area (Å²) in [6.07, 6.45) is 2.00. The van der Waals surface area contributed by atoms with E-state index in [-0.39, 0.29) is 11.8 Å². The molecule has 0 atom stereocenters. The highest BCUT2D eigenvalue weighted by Gasteiger charge is 2.41. The minimum absolute atomic E-state index is 0.192. The first-order valence-electron chi connectivity index (χ1n) is 9.27. The highest BCUT2D eigenvalue weighted by Crippen LogP contribution is 2.35. The highest BCUT2D eigenvalue weighted by atomic mass is 32.2. The van der Waals surface area contributed by atoms with Crippen molar-refractivity contribution in [2.24, 2.45) is 0 Å². The van der Waals surface area contributed by atoms with Crippen LogP contribution in [0.1, 0.15) is 23.4 Å². The zero-order valence-corrected chi connectivity index (χ0v) is 17.0. The average molecular weight is 434 g/mol. The van der Waals surface area contributed by atoms with Crippen LogP contribution in [0.2, 0.25) is 0 Å². The number of carbonyl (C=O) groups excluding carboxylic acids is 1. The molecule has 2 aromatic heterocycles. The fourth-order valence-electron chi connectivity index (χ4n) is 3.49. The molecule has 2 aliphatic rings. The van der Waals surface area contributed by atoms with E-state index in [4.69, 9.17) is 4.42 Å². The van der Waals surface area contributed by atoms with Crippen molar-refractivity contribution in [3.63, 3.8) is 0 Å². The van der Waals surface area contributed by atoms with Gasteiger partial charge in [0.05, 0.1) is 16.5 Å². The van der Waals surface area contributed by atoms with Gasteiger partial charge in [-0.3, -0.25) is 9.36 Å². The SMILES string of the molecule is O=C(Cn1c(=O)oc2ccccc21)Nc1nc2c(s1)CN(S(=O)(=O)C1CC1)CC2. The Balaban J connectivity index is 1.31. The maximum absolute atomic E-state index is 12.5. The summed E-state index contributed by atoms with van der Waals surface area (Å²) in [6, 6.07) is 6.90. The molecule has 0 radical (unpaired) electrons. The smallest absolute Gasteiger partial charge is 0.408 e. The molecule has 1 aromatic carbocycles. The first kappa shape index (κ1) is 18.5. The topological polar surface area (TPSA) is 115 Å². The first-order valence-corrected chi connectivity index (χ1v) is 11.6. The zero-order chi connectivity index (χ0) is 20.2. The van der Waals surface area contributed by atoms with Crippen molar-refractivity contribution in [1.29, 1.82) is 0 Å². The lowest BCUT2D eigenvalue weighted by Crippen LogP contribution is -2.37. The van der Waals surface area contributed by atoms with Gasteiger partial charge >= 0.3 is 5.76 Å². The summed E-state index contributed by atoms with van der Waals surface area (Å²) in [5.74, 6) is -0.993. The van der Waals surface area contributed by atoms with E-state index in [9.17, 15) is 18.0 Å². The van der Waals surface area contributed by atoms with Gasteiger partial charge in [-0.05, 0) is 25.0 Å². The van der Waals surface area contributed by atoms with Crippen LogP contribution < -0.4 is 11.1 Å². The van der Waals surface area contributed by atoms with Crippen LogP contribution in [0, 0.1) is 0 Å². The molecule has 3 aromatic rings. The van der Waals surface area contributed by atoms with Crippen molar-refractivity contribution >= 4 is 43.5 Å². The molecule has 3 heterocycles. The van der Waals surface area contributed by atoms with Crippen molar-refractivity contribution in [3.05, 3.63) is 45.4 Å². The lowest BCUT2D eigenvalue weighted by atomic mass is 10.2. The first-order chi connectivity index (χ1) is 13.9. The van der Waals surface area contributed by atoms with Crippen molar-refractivity contribution < 1.29 is 17.6 Å². The standard InChI is InChI=1S/C18H18N4O5S2/c23-16(10-22-13-3-1-2-4-14(13)27-18(22)24)20-17-19-12-7-8-21(9-15(12)28-17)29(25,26)11-5-6-11/h1-4,11H,5-10H2,(H,19,20,23). The van der Waals surface area contributed by atoms with Crippen LogP contribution in [0.25, 0.3) is 11.1 Å². The molecule has 0 unspecified atom stereocenters. The molecular formula is C18H18N4O5S2. The van der Waals surface area contributed by atoms with Crippen LogP contribution in [0.5, 0.6) is 0 Å². The van der Waals surface area contributed by atoms with Gasteiger partial charge in [-0.2, -0.15) is 4.31 Å². The Bertz CT molecular complexity index is 1270. The summed E-state index contributed by atoms with van der Waals surface area (Å²) in [5.41, 5.74) is 1.79. The summed E-state index contributed by atoms with van der Waals surface area (Å²) in [4.78, 5) is 29.8. The minimum atomic E-state index is -3.23. The molecule has 0 spiro atoms. The van der Waals surface area contributed by atoms with Crippen molar-refractivity contribution in [3.8, 4) is 0 Å². The zero-order valence-electron chi connectivity index (χ0n) is 15.3. The predicted molar refractivity (Wildman–Crippen MR) is 107 cm³/mol. The number of para-hydroxylation sites is 2. The van der Waals surface area contributed by atoms with E-state index in [2.05, 4.69) is 10.3 Å². The molecule has 1 aliphatic carbocycles. The number of thiazole rings is 1. The van der Waals surface area contributed by atoms with Gasteiger partial charge in [0.25, 0.3) is 0 Å². The fourth-order valence-corrected chi connectivity index (χ4v) is 6.42. The van der Waals surface area contributed by atoms with Gasteiger partial charge in [-0.15, -0.1) is 11.3 Å². The lowest BCUT2D eigenvalue weighted by Gasteiger charge is -2.25. The van der Waals surface area contributed by atoms with Crippen molar-refractivity contribution in [2.45, 2.75) is 37.6 Å². The molecule has 0 saturated heterocycles. The Morgan fingerprint density at radius 1 is 1.31 bits per heavy atom. The van der Waals surface area contributed by atoms with Crippen molar-refractivity contribution in [1.82, 2.24) is 13.9 Å². The van der Waals surface area contributed by atoms with E-state index in [0.717, 1.165) is 23.4 Å². The third-order valence-electron chi connectivity index (χ3n) is 5.12. The number of nitrogens with one attached hydrogen (secondary N) is 1. The third-order valence-corrected chi connectivity index (χ3v) is 8.47. The number of rotatable bonds is 5. The average Bonchev–Trinajstić information content (AvgIpc) is 3.41. The number of benzene rings is 1. The van der Waals surface area contributed by atoms with Gasteiger partial charge in [0.1, 0.15) is 6.54 Å². The number of oxazole rings is 1. The van der Waals surface area contributed by atoms with Gasteiger partial charge in [0.2, 0.25) is 15.9 Å². The van der Waals surface area contributed by atoms with E-state index in [1.807, 2.05) is 0 Å². The summed E-state index contributed by atoms with van der Waals surface area (Å²) in [6.45, 7) is 0.523. The molecule has 1 aliphatic heterocycles. The summed E-state index contributed by atoms with van der Waals surface area (Å²) in [7, 11) is -3.23. The second-order valence-electron chi connectivity index (χ2n) is 7.19. The fraction of sp³-hybridized carbons (Fsp3) is 0.389. The molecule has 9 nitrogen and oxygen atoms in total. The van der Waals surface area contributed by atoms with Gasteiger partial charge in [0.15, 0.2) is 10.7 Å². The minimum Gasteiger partial charge on any atom is -0.408 e. The van der Waals surface area contributed by atoms with Crippen molar-refractivity contribution in [2.75, 3.05) is 11.9 Å². The Hall–Kier alpha value is -2.50. The van der Waals surface area contributed by atoms with Gasteiger partial charge in [0, 0.05) is 24.4 Å². The Morgan fingerprint density at radius 2 is 2.10 bits per heavy atom. The Morgan fingerprint density at radius 3 is 2.90 bits per heavy atom. The number of amides is 1. The normalized spacial score (nSPS) is 17.4. The molecular weight excluding hydrogens is 416 g/mol. The van der Waals surface area contributed by atoms with Crippen LogP contribution in [0.3, 0.4) is 0 Å². The van der Waals surface area contributed by atoms with E-state index in [0.29, 0.717) is 35.7 Å². The molecule has 1 amide bonds. The number of hydrogen-bond donors (Lipinski definition) is 1. The highest BCUT2D eigenvalue weighted by molar-refractivity contribution is 7.90.